The summed E-state index contributed by atoms with van der Waals surface area (Å²) in [7, 11) is 0. The zero-order chi connectivity index (χ0) is 11.6. The molecule has 0 aromatic carbocycles. The molecule has 0 aromatic heterocycles. The van der Waals surface area contributed by atoms with E-state index in [4.69, 9.17) is 0 Å². The van der Waals surface area contributed by atoms with Crippen molar-refractivity contribution < 1.29 is 4.79 Å². The van der Waals surface area contributed by atoms with Crippen LogP contribution in [-0.4, -0.2) is 6.29 Å². The second-order valence-corrected chi connectivity index (χ2v) is 5.81. The highest BCUT2D eigenvalue weighted by atomic mass is 16.1. The van der Waals surface area contributed by atoms with Crippen LogP contribution in [0.5, 0.6) is 0 Å². The topological polar surface area (TPSA) is 17.1 Å². The van der Waals surface area contributed by atoms with Crippen molar-refractivity contribution in [3.05, 3.63) is 11.1 Å². The quantitative estimate of drug-likeness (QED) is 0.506. The van der Waals surface area contributed by atoms with Gasteiger partial charge in [0.25, 0.3) is 0 Å². The zero-order valence-corrected chi connectivity index (χ0v) is 10.8. The van der Waals surface area contributed by atoms with E-state index in [1.165, 1.54) is 24.0 Å². The van der Waals surface area contributed by atoms with Gasteiger partial charge in [0.05, 0.1) is 0 Å². The normalized spacial score (nSPS) is 27.7. The van der Waals surface area contributed by atoms with Crippen molar-refractivity contribution in [2.75, 3.05) is 0 Å². The van der Waals surface area contributed by atoms with Gasteiger partial charge in [0.2, 0.25) is 0 Å². The second-order valence-electron chi connectivity index (χ2n) is 5.81. The Morgan fingerprint density at radius 2 is 2.13 bits per heavy atom. The predicted octanol–water partition coefficient (Wildman–Crippen LogP) is 3.98. The summed E-state index contributed by atoms with van der Waals surface area (Å²) in [5.74, 6) is 0.837. The molecule has 0 saturated heterocycles. The first-order chi connectivity index (χ1) is 6.88. The predicted molar refractivity (Wildman–Crippen MR) is 64.7 cm³/mol. The Balaban J connectivity index is 2.82. The van der Waals surface area contributed by atoms with Gasteiger partial charge in [0.15, 0.2) is 0 Å². The minimum absolute atomic E-state index is 0.184. The van der Waals surface area contributed by atoms with Gasteiger partial charge in [-0.2, -0.15) is 0 Å². The van der Waals surface area contributed by atoms with E-state index in [0.29, 0.717) is 11.3 Å². The number of aldehydes is 1. The molecule has 0 spiro atoms. The van der Waals surface area contributed by atoms with Crippen LogP contribution in [0.2, 0.25) is 0 Å². The lowest BCUT2D eigenvalue weighted by molar-refractivity contribution is -0.110. The number of hydrogen-bond donors (Lipinski definition) is 0. The van der Waals surface area contributed by atoms with Crippen molar-refractivity contribution in [2.45, 2.75) is 53.9 Å². The summed E-state index contributed by atoms with van der Waals surface area (Å²) in [6.07, 6.45) is 4.48. The van der Waals surface area contributed by atoms with Gasteiger partial charge in [-0.05, 0) is 37.5 Å². The van der Waals surface area contributed by atoms with Crippen LogP contribution in [0.25, 0.3) is 0 Å². The lowest BCUT2D eigenvalue weighted by Gasteiger charge is -2.39. The molecule has 0 amide bonds. The van der Waals surface area contributed by atoms with Crippen molar-refractivity contribution >= 4 is 6.29 Å². The third-order valence-electron chi connectivity index (χ3n) is 4.25. The monoisotopic (exact) mass is 208 g/mol. The lowest BCUT2D eigenvalue weighted by Crippen LogP contribution is -2.27. The van der Waals surface area contributed by atoms with E-state index in [1.807, 2.05) is 6.92 Å². The van der Waals surface area contributed by atoms with Crippen LogP contribution in [0.3, 0.4) is 0 Å². The average Bonchev–Trinajstić information content (AvgIpc) is 2.19. The Bertz CT molecular complexity index is 273. The first-order valence-electron chi connectivity index (χ1n) is 6.02. The highest BCUT2D eigenvalue weighted by Crippen LogP contribution is 2.44. The van der Waals surface area contributed by atoms with Crippen LogP contribution in [0.4, 0.5) is 0 Å². The van der Waals surface area contributed by atoms with Crippen LogP contribution in [0.1, 0.15) is 53.9 Å². The summed E-state index contributed by atoms with van der Waals surface area (Å²) in [6.45, 7) is 11.3. The summed E-state index contributed by atoms with van der Waals surface area (Å²) >= 11 is 0. The standard InChI is InChI=1S/C14H24O/c1-10(9-15)8-13-6-7-14(4,5)12(3)11(13)2/h9-10,12H,6-8H2,1-5H3. The first-order valence-corrected chi connectivity index (χ1v) is 6.02. The Hall–Kier alpha value is -0.590. The minimum atomic E-state index is 0.184. The third kappa shape index (κ3) is 2.70. The minimum Gasteiger partial charge on any atom is -0.303 e. The van der Waals surface area contributed by atoms with Gasteiger partial charge in [0.1, 0.15) is 6.29 Å². The molecule has 15 heavy (non-hydrogen) atoms. The molecule has 0 fully saturated rings. The van der Waals surface area contributed by atoms with Gasteiger partial charge in [-0.3, -0.25) is 0 Å². The van der Waals surface area contributed by atoms with Crippen molar-refractivity contribution in [1.82, 2.24) is 0 Å². The fourth-order valence-electron chi connectivity index (χ4n) is 2.48. The SMILES string of the molecule is CC1=C(CC(C)C=O)CCC(C)(C)C1C. The summed E-state index contributed by atoms with van der Waals surface area (Å²) in [4.78, 5) is 10.7. The molecule has 1 heteroatoms. The fraction of sp³-hybridized carbons (Fsp3) is 0.786. The Kier molecular flexibility index (Phi) is 3.75. The molecule has 0 saturated carbocycles. The number of hydrogen-bond acceptors (Lipinski definition) is 1. The highest BCUT2D eigenvalue weighted by Gasteiger charge is 2.32. The molecule has 0 bridgehead atoms. The molecule has 1 rings (SSSR count). The fourth-order valence-corrected chi connectivity index (χ4v) is 2.48. The number of allylic oxidation sites excluding steroid dienone is 2. The summed E-state index contributed by atoms with van der Waals surface area (Å²) in [5, 5.41) is 0. The smallest absolute Gasteiger partial charge is 0.123 e. The highest BCUT2D eigenvalue weighted by molar-refractivity contribution is 5.53. The molecule has 0 aliphatic heterocycles. The molecule has 0 N–H and O–H groups in total. The van der Waals surface area contributed by atoms with Gasteiger partial charge in [-0.25, -0.2) is 0 Å². The molecule has 2 atom stereocenters. The largest absolute Gasteiger partial charge is 0.303 e. The molecule has 1 aliphatic rings. The maximum absolute atomic E-state index is 10.7. The Morgan fingerprint density at radius 1 is 1.53 bits per heavy atom. The summed E-state index contributed by atoms with van der Waals surface area (Å²) < 4.78 is 0. The van der Waals surface area contributed by atoms with E-state index in [0.717, 1.165) is 12.7 Å². The van der Waals surface area contributed by atoms with Crippen LogP contribution >= 0.6 is 0 Å². The maximum atomic E-state index is 10.7. The Labute approximate surface area is 93.9 Å². The van der Waals surface area contributed by atoms with E-state index < -0.39 is 0 Å². The van der Waals surface area contributed by atoms with Gasteiger partial charge >= 0.3 is 0 Å². The second kappa shape index (κ2) is 4.51. The molecule has 1 nitrogen and oxygen atoms in total. The number of carbonyl (C=O) groups is 1. The van der Waals surface area contributed by atoms with Crippen LogP contribution < -0.4 is 0 Å². The van der Waals surface area contributed by atoms with Crippen LogP contribution in [0.15, 0.2) is 11.1 Å². The van der Waals surface area contributed by atoms with Crippen molar-refractivity contribution in [3.63, 3.8) is 0 Å². The van der Waals surface area contributed by atoms with Crippen molar-refractivity contribution in [2.24, 2.45) is 17.3 Å². The van der Waals surface area contributed by atoms with Gasteiger partial charge in [0, 0.05) is 5.92 Å². The third-order valence-corrected chi connectivity index (χ3v) is 4.25. The molecular weight excluding hydrogens is 184 g/mol. The van der Waals surface area contributed by atoms with E-state index in [1.54, 1.807) is 0 Å². The van der Waals surface area contributed by atoms with E-state index in [2.05, 4.69) is 27.7 Å². The molecule has 86 valence electrons. The molecule has 0 radical (unpaired) electrons. The molecule has 0 heterocycles. The van der Waals surface area contributed by atoms with Crippen LogP contribution in [0, 0.1) is 17.3 Å². The zero-order valence-electron chi connectivity index (χ0n) is 10.8. The first kappa shape index (κ1) is 12.5. The lowest BCUT2D eigenvalue weighted by atomic mass is 9.66. The van der Waals surface area contributed by atoms with E-state index in [9.17, 15) is 4.79 Å². The number of carbonyl (C=O) groups excluding carboxylic acids is 1. The molecule has 1 aliphatic carbocycles. The van der Waals surface area contributed by atoms with Gasteiger partial charge in [-0.1, -0.05) is 38.8 Å². The van der Waals surface area contributed by atoms with Crippen molar-refractivity contribution in [3.8, 4) is 0 Å². The van der Waals surface area contributed by atoms with Crippen molar-refractivity contribution in [1.29, 1.82) is 0 Å². The molecule has 2 unspecified atom stereocenters. The summed E-state index contributed by atoms with van der Waals surface area (Å²) in [5.41, 5.74) is 3.49. The number of rotatable bonds is 3. The summed E-state index contributed by atoms with van der Waals surface area (Å²) in [6, 6.07) is 0. The van der Waals surface area contributed by atoms with E-state index in [-0.39, 0.29) is 5.92 Å². The Morgan fingerprint density at radius 3 is 2.67 bits per heavy atom. The van der Waals surface area contributed by atoms with Gasteiger partial charge in [-0.15, -0.1) is 0 Å². The maximum Gasteiger partial charge on any atom is 0.123 e. The van der Waals surface area contributed by atoms with Gasteiger partial charge < -0.3 is 4.79 Å². The van der Waals surface area contributed by atoms with Crippen LogP contribution in [-0.2, 0) is 4.79 Å². The molecule has 0 aromatic rings. The van der Waals surface area contributed by atoms with E-state index >= 15 is 0 Å². The average molecular weight is 208 g/mol. The molecular formula is C14H24O.